The smallest absolute Gasteiger partial charge is 0.0718 e. The molecule has 2 N–H and O–H groups in total. The monoisotopic (exact) mass is 259 g/mol. The molecule has 1 aliphatic carbocycles. The maximum absolute atomic E-state index is 5.98. The predicted octanol–water partition coefficient (Wildman–Crippen LogP) is 3.76. The number of hydrogen-bond donors (Lipinski definition) is 1. The van der Waals surface area contributed by atoms with Crippen molar-refractivity contribution >= 4 is 6.08 Å². The fraction of sp³-hybridized carbons (Fsp3) is 0.529. The van der Waals surface area contributed by atoms with Crippen molar-refractivity contribution < 1.29 is 4.74 Å². The number of methoxy groups -OCH3 is 1. The van der Waals surface area contributed by atoms with Crippen LogP contribution in [0.3, 0.4) is 0 Å². The molecular formula is C17H25NO. The van der Waals surface area contributed by atoms with E-state index in [1.165, 1.54) is 48.8 Å². The van der Waals surface area contributed by atoms with Gasteiger partial charge in [0.2, 0.25) is 0 Å². The third kappa shape index (κ3) is 3.92. The topological polar surface area (TPSA) is 35.2 Å². The van der Waals surface area contributed by atoms with Crippen molar-refractivity contribution in [3.05, 3.63) is 41.0 Å². The van der Waals surface area contributed by atoms with Crippen LogP contribution in [-0.2, 0) is 11.3 Å². The molecule has 2 nitrogen and oxygen atoms in total. The first-order valence-corrected chi connectivity index (χ1v) is 7.32. The molecule has 1 fully saturated rings. The molecule has 0 aliphatic heterocycles. The minimum atomic E-state index is 0.662. The van der Waals surface area contributed by atoms with Crippen molar-refractivity contribution in [3.8, 4) is 0 Å². The molecule has 0 atom stereocenters. The summed E-state index contributed by atoms with van der Waals surface area (Å²) >= 11 is 0. The Balaban J connectivity index is 2.21. The summed E-state index contributed by atoms with van der Waals surface area (Å²) in [6, 6.07) is 8.44. The van der Waals surface area contributed by atoms with Gasteiger partial charge in [-0.3, -0.25) is 0 Å². The summed E-state index contributed by atoms with van der Waals surface area (Å²) in [4.78, 5) is 0. The molecule has 0 amide bonds. The fourth-order valence-corrected chi connectivity index (χ4v) is 2.98. The van der Waals surface area contributed by atoms with E-state index in [0.29, 0.717) is 19.1 Å². The van der Waals surface area contributed by atoms with Gasteiger partial charge in [-0.2, -0.15) is 0 Å². The third-order valence-electron chi connectivity index (χ3n) is 4.06. The first kappa shape index (κ1) is 14.3. The molecule has 104 valence electrons. The quantitative estimate of drug-likeness (QED) is 0.874. The van der Waals surface area contributed by atoms with Crippen LogP contribution in [0.4, 0.5) is 0 Å². The van der Waals surface area contributed by atoms with E-state index in [2.05, 4.69) is 30.3 Å². The van der Waals surface area contributed by atoms with Gasteiger partial charge < -0.3 is 10.5 Å². The van der Waals surface area contributed by atoms with Crippen molar-refractivity contribution in [2.75, 3.05) is 13.7 Å². The van der Waals surface area contributed by atoms with Crippen LogP contribution in [-0.4, -0.2) is 13.7 Å². The minimum absolute atomic E-state index is 0.662. The normalized spacial score (nSPS) is 17.7. The Morgan fingerprint density at radius 3 is 2.68 bits per heavy atom. The van der Waals surface area contributed by atoms with Gasteiger partial charge in [-0.25, -0.2) is 0 Å². The summed E-state index contributed by atoms with van der Waals surface area (Å²) in [5.41, 5.74) is 9.88. The second-order valence-electron chi connectivity index (χ2n) is 5.39. The number of benzene rings is 1. The standard InChI is InChI=1S/C17H25NO/c1-19-13-16-10-6-5-9-15(16)11-17(12-18)14-7-3-2-4-8-14/h5-6,9-11,14H,2-4,7-8,12-13,18H2,1H3. The summed E-state index contributed by atoms with van der Waals surface area (Å²) in [6.07, 6.45) is 8.98. The lowest BCUT2D eigenvalue weighted by Gasteiger charge is -2.24. The third-order valence-corrected chi connectivity index (χ3v) is 4.06. The zero-order valence-corrected chi connectivity index (χ0v) is 11.9. The molecule has 0 saturated heterocycles. The minimum Gasteiger partial charge on any atom is -0.380 e. The highest BCUT2D eigenvalue weighted by molar-refractivity contribution is 5.57. The molecule has 0 unspecified atom stereocenters. The van der Waals surface area contributed by atoms with Gasteiger partial charge in [-0.1, -0.05) is 55.2 Å². The molecule has 1 saturated carbocycles. The maximum atomic E-state index is 5.98. The van der Waals surface area contributed by atoms with E-state index in [9.17, 15) is 0 Å². The van der Waals surface area contributed by atoms with Crippen molar-refractivity contribution in [2.45, 2.75) is 38.7 Å². The van der Waals surface area contributed by atoms with E-state index >= 15 is 0 Å². The molecule has 1 aromatic carbocycles. The van der Waals surface area contributed by atoms with Gasteiger partial charge in [0.05, 0.1) is 6.61 Å². The summed E-state index contributed by atoms with van der Waals surface area (Å²) in [5, 5.41) is 0. The van der Waals surface area contributed by atoms with E-state index in [1.54, 1.807) is 7.11 Å². The van der Waals surface area contributed by atoms with Gasteiger partial charge in [0.15, 0.2) is 0 Å². The lowest BCUT2D eigenvalue weighted by atomic mass is 9.83. The fourth-order valence-electron chi connectivity index (χ4n) is 2.98. The Bertz CT molecular complexity index is 419. The van der Waals surface area contributed by atoms with Gasteiger partial charge in [0.25, 0.3) is 0 Å². The van der Waals surface area contributed by atoms with Crippen LogP contribution in [0.2, 0.25) is 0 Å². The Morgan fingerprint density at radius 2 is 2.00 bits per heavy atom. The van der Waals surface area contributed by atoms with Crippen LogP contribution < -0.4 is 5.73 Å². The molecule has 1 aliphatic rings. The predicted molar refractivity (Wildman–Crippen MR) is 80.8 cm³/mol. The number of nitrogens with two attached hydrogens (primary N) is 1. The van der Waals surface area contributed by atoms with Crippen LogP contribution in [0.1, 0.15) is 43.2 Å². The number of rotatable bonds is 5. The van der Waals surface area contributed by atoms with E-state index in [-0.39, 0.29) is 0 Å². The molecule has 0 aromatic heterocycles. The van der Waals surface area contributed by atoms with Gasteiger partial charge >= 0.3 is 0 Å². The Hall–Kier alpha value is -1.12. The molecule has 0 heterocycles. The molecule has 0 spiro atoms. The first-order valence-electron chi connectivity index (χ1n) is 7.32. The SMILES string of the molecule is COCc1ccccc1C=C(CN)C1CCCCC1. The van der Waals surface area contributed by atoms with E-state index in [0.717, 1.165) is 0 Å². The highest BCUT2D eigenvalue weighted by atomic mass is 16.5. The van der Waals surface area contributed by atoms with E-state index in [1.807, 2.05) is 0 Å². The Morgan fingerprint density at radius 1 is 1.26 bits per heavy atom. The summed E-state index contributed by atoms with van der Waals surface area (Å²) in [5.74, 6) is 0.689. The van der Waals surface area contributed by atoms with Crippen molar-refractivity contribution in [1.82, 2.24) is 0 Å². The summed E-state index contributed by atoms with van der Waals surface area (Å²) in [7, 11) is 1.74. The van der Waals surface area contributed by atoms with Crippen LogP contribution in [0.25, 0.3) is 6.08 Å². The van der Waals surface area contributed by atoms with Gasteiger partial charge in [0.1, 0.15) is 0 Å². The molecule has 0 bridgehead atoms. The molecule has 19 heavy (non-hydrogen) atoms. The van der Waals surface area contributed by atoms with Crippen molar-refractivity contribution in [1.29, 1.82) is 0 Å². The highest BCUT2D eigenvalue weighted by Crippen LogP contribution is 2.30. The molecule has 2 heteroatoms. The average molecular weight is 259 g/mol. The zero-order chi connectivity index (χ0) is 13.5. The van der Waals surface area contributed by atoms with Crippen LogP contribution >= 0.6 is 0 Å². The maximum Gasteiger partial charge on any atom is 0.0718 e. The highest BCUT2D eigenvalue weighted by Gasteiger charge is 2.17. The van der Waals surface area contributed by atoms with Crippen molar-refractivity contribution in [3.63, 3.8) is 0 Å². The average Bonchev–Trinajstić information content (AvgIpc) is 2.47. The molecule has 0 radical (unpaired) electrons. The largest absolute Gasteiger partial charge is 0.380 e. The summed E-state index contributed by atoms with van der Waals surface area (Å²) in [6.45, 7) is 1.33. The molecule has 2 rings (SSSR count). The van der Waals surface area contributed by atoms with Crippen LogP contribution in [0, 0.1) is 5.92 Å². The second kappa shape index (κ2) is 7.46. The number of ether oxygens (including phenoxy) is 1. The second-order valence-corrected chi connectivity index (χ2v) is 5.39. The first-order chi connectivity index (χ1) is 9.35. The van der Waals surface area contributed by atoms with E-state index < -0.39 is 0 Å². The Labute approximate surface area is 116 Å². The zero-order valence-electron chi connectivity index (χ0n) is 11.9. The van der Waals surface area contributed by atoms with Gasteiger partial charge in [0, 0.05) is 13.7 Å². The van der Waals surface area contributed by atoms with E-state index in [4.69, 9.17) is 10.5 Å². The van der Waals surface area contributed by atoms with Crippen LogP contribution in [0.5, 0.6) is 0 Å². The number of hydrogen-bond acceptors (Lipinski definition) is 2. The summed E-state index contributed by atoms with van der Waals surface area (Å²) < 4.78 is 5.27. The van der Waals surface area contributed by atoms with Gasteiger partial charge in [-0.05, 0) is 29.9 Å². The van der Waals surface area contributed by atoms with Gasteiger partial charge in [-0.15, -0.1) is 0 Å². The van der Waals surface area contributed by atoms with Crippen molar-refractivity contribution in [2.24, 2.45) is 11.7 Å². The lowest BCUT2D eigenvalue weighted by molar-refractivity contribution is 0.184. The molecule has 1 aromatic rings. The molecular weight excluding hydrogens is 234 g/mol. The lowest BCUT2D eigenvalue weighted by Crippen LogP contribution is -2.16. The Kier molecular flexibility index (Phi) is 5.62. The van der Waals surface area contributed by atoms with Crippen LogP contribution in [0.15, 0.2) is 29.8 Å².